The van der Waals surface area contributed by atoms with E-state index in [0.717, 1.165) is 23.3 Å². The highest BCUT2D eigenvalue weighted by Crippen LogP contribution is 2.29. The minimum atomic E-state index is -4.42. The molecule has 2 heterocycles. The van der Waals surface area contributed by atoms with Crippen molar-refractivity contribution in [2.45, 2.75) is 39.7 Å². The van der Waals surface area contributed by atoms with Crippen LogP contribution in [0.15, 0.2) is 16.7 Å². The third-order valence-electron chi connectivity index (χ3n) is 3.01. The fraction of sp³-hybridized carbons (Fsp3) is 0.538. The Morgan fingerprint density at radius 2 is 2.12 bits per heavy atom. The molecule has 0 fully saturated rings. The number of nitrogens with zero attached hydrogens (tertiary/aromatic N) is 5. The van der Waals surface area contributed by atoms with Crippen LogP contribution in [0.5, 0.6) is 0 Å². The van der Waals surface area contributed by atoms with Gasteiger partial charge < -0.3 is 15.2 Å². The van der Waals surface area contributed by atoms with Crippen molar-refractivity contribution < 1.29 is 13.2 Å². The summed E-state index contributed by atoms with van der Waals surface area (Å²) in [6.45, 7) is 5.71. The van der Waals surface area contributed by atoms with Crippen LogP contribution in [0, 0.1) is 0 Å². The molecule has 2 rings (SSSR count). The van der Waals surface area contributed by atoms with E-state index < -0.39 is 11.9 Å². The Morgan fingerprint density at radius 1 is 1.33 bits per heavy atom. The van der Waals surface area contributed by atoms with Gasteiger partial charge in [-0.3, -0.25) is 0 Å². The Balaban J connectivity index is 1.98. The SMILES string of the molecule is CCNC(=NCc1nncn1CC)NCc1nc(C(F)(F)F)cs1. The van der Waals surface area contributed by atoms with Gasteiger partial charge in [-0.2, -0.15) is 13.2 Å². The molecule has 7 nitrogen and oxygen atoms in total. The molecule has 2 N–H and O–H groups in total. The third-order valence-corrected chi connectivity index (χ3v) is 3.86. The number of rotatable bonds is 6. The van der Waals surface area contributed by atoms with Gasteiger partial charge in [-0.05, 0) is 13.8 Å². The molecule has 2 aromatic heterocycles. The molecule has 24 heavy (non-hydrogen) atoms. The lowest BCUT2D eigenvalue weighted by atomic mass is 10.5. The second kappa shape index (κ2) is 8.08. The maximum Gasteiger partial charge on any atom is 0.434 e. The van der Waals surface area contributed by atoms with Crippen LogP contribution in [0.4, 0.5) is 13.2 Å². The van der Waals surface area contributed by atoms with Crippen LogP contribution < -0.4 is 10.6 Å². The minimum absolute atomic E-state index is 0.160. The topological polar surface area (TPSA) is 80.0 Å². The molecule has 0 aromatic carbocycles. The van der Waals surface area contributed by atoms with Crippen LogP contribution in [0.1, 0.15) is 30.4 Å². The standard InChI is InChI=1S/C13H18F3N7S/c1-3-17-12(18-5-10-22-20-8-23(10)4-2)19-6-11-21-9(7-24-11)13(14,15)16/h7-8H,3-6H2,1-2H3,(H2,17,18,19). The van der Waals surface area contributed by atoms with Crippen molar-refractivity contribution in [1.82, 2.24) is 30.4 Å². The summed E-state index contributed by atoms with van der Waals surface area (Å²) in [6, 6.07) is 0. The second-order valence-corrected chi connectivity index (χ2v) is 5.65. The van der Waals surface area contributed by atoms with Crippen LogP contribution in [-0.4, -0.2) is 32.3 Å². The molecule has 0 saturated heterocycles. The number of aliphatic imine (C=N–C) groups is 1. The van der Waals surface area contributed by atoms with Crippen LogP contribution in [-0.2, 0) is 25.8 Å². The van der Waals surface area contributed by atoms with Crippen molar-refractivity contribution >= 4 is 17.3 Å². The Labute approximate surface area is 141 Å². The van der Waals surface area contributed by atoms with Crippen LogP contribution in [0.2, 0.25) is 0 Å². The minimum Gasteiger partial charge on any atom is -0.357 e. The molecule has 0 atom stereocenters. The number of aromatic nitrogens is 4. The van der Waals surface area contributed by atoms with E-state index in [4.69, 9.17) is 0 Å². The first-order chi connectivity index (χ1) is 11.4. The van der Waals surface area contributed by atoms with Crippen molar-refractivity contribution in [2.24, 2.45) is 4.99 Å². The molecule has 0 amide bonds. The summed E-state index contributed by atoms with van der Waals surface area (Å²) in [4.78, 5) is 7.93. The highest BCUT2D eigenvalue weighted by atomic mass is 32.1. The van der Waals surface area contributed by atoms with Gasteiger partial charge in [0, 0.05) is 18.5 Å². The first-order valence-corrected chi connectivity index (χ1v) is 8.22. The fourth-order valence-electron chi connectivity index (χ4n) is 1.84. The zero-order valence-electron chi connectivity index (χ0n) is 13.3. The lowest BCUT2D eigenvalue weighted by Gasteiger charge is -2.10. The average molecular weight is 361 g/mol. The number of halogens is 3. The zero-order chi connectivity index (χ0) is 17.6. The molecule has 0 unspecified atom stereocenters. The predicted molar refractivity (Wildman–Crippen MR) is 84.5 cm³/mol. The van der Waals surface area contributed by atoms with E-state index >= 15 is 0 Å². The molecule has 2 aromatic rings. The monoisotopic (exact) mass is 361 g/mol. The maximum atomic E-state index is 12.5. The van der Waals surface area contributed by atoms with Gasteiger partial charge in [-0.1, -0.05) is 0 Å². The van der Waals surface area contributed by atoms with Gasteiger partial charge in [-0.25, -0.2) is 9.98 Å². The third kappa shape index (κ3) is 4.91. The zero-order valence-corrected chi connectivity index (χ0v) is 14.1. The summed E-state index contributed by atoms with van der Waals surface area (Å²) in [5, 5.41) is 15.1. The Morgan fingerprint density at radius 3 is 2.75 bits per heavy atom. The van der Waals surface area contributed by atoms with E-state index in [-0.39, 0.29) is 6.54 Å². The molecule has 11 heteroatoms. The number of nitrogens with one attached hydrogen (secondary N) is 2. The first kappa shape index (κ1) is 18.2. The molecule has 0 saturated carbocycles. The molecule has 0 aliphatic rings. The van der Waals surface area contributed by atoms with Gasteiger partial charge >= 0.3 is 6.18 Å². The summed E-state index contributed by atoms with van der Waals surface area (Å²) < 4.78 is 39.5. The molecule has 0 radical (unpaired) electrons. The number of hydrogen-bond acceptors (Lipinski definition) is 5. The van der Waals surface area contributed by atoms with Crippen molar-refractivity contribution in [1.29, 1.82) is 0 Å². The Hall–Kier alpha value is -2.17. The largest absolute Gasteiger partial charge is 0.434 e. The predicted octanol–water partition coefficient (Wildman–Crippen LogP) is 2.03. The molecule has 0 bridgehead atoms. The van der Waals surface area contributed by atoms with Gasteiger partial charge in [0.2, 0.25) is 0 Å². The molecule has 132 valence electrons. The van der Waals surface area contributed by atoms with E-state index in [1.54, 1.807) is 6.33 Å². The lowest BCUT2D eigenvalue weighted by molar-refractivity contribution is -0.140. The van der Waals surface area contributed by atoms with E-state index in [1.807, 2.05) is 18.4 Å². The van der Waals surface area contributed by atoms with Crippen LogP contribution in [0.25, 0.3) is 0 Å². The van der Waals surface area contributed by atoms with E-state index in [2.05, 4.69) is 30.8 Å². The summed E-state index contributed by atoms with van der Waals surface area (Å²) in [6.07, 6.45) is -2.79. The highest BCUT2D eigenvalue weighted by Gasteiger charge is 2.33. The second-order valence-electron chi connectivity index (χ2n) is 4.71. The molecule has 0 aliphatic carbocycles. The maximum absolute atomic E-state index is 12.5. The van der Waals surface area contributed by atoms with Crippen LogP contribution in [0.3, 0.4) is 0 Å². The fourth-order valence-corrected chi connectivity index (χ4v) is 2.58. The Kier molecular flexibility index (Phi) is 6.12. The van der Waals surface area contributed by atoms with Gasteiger partial charge in [-0.15, -0.1) is 21.5 Å². The number of thiazole rings is 1. The lowest BCUT2D eigenvalue weighted by Crippen LogP contribution is -2.36. The molecular weight excluding hydrogens is 343 g/mol. The van der Waals surface area contributed by atoms with E-state index in [9.17, 15) is 13.2 Å². The molecular formula is C13H18F3N7S. The molecule has 0 spiro atoms. The quantitative estimate of drug-likeness (QED) is 0.608. The normalized spacial score (nSPS) is 12.5. The summed E-state index contributed by atoms with van der Waals surface area (Å²) in [5.74, 6) is 1.19. The van der Waals surface area contributed by atoms with Crippen molar-refractivity contribution in [2.75, 3.05) is 6.54 Å². The van der Waals surface area contributed by atoms with Crippen LogP contribution >= 0.6 is 11.3 Å². The Bertz CT molecular complexity index is 677. The number of aryl methyl sites for hydroxylation is 1. The summed E-state index contributed by atoms with van der Waals surface area (Å²) in [7, 11) is 0. The summed E-state index contributed by atoms with van der Waals surface area (Å²) >= 11 is 0.956. The first-order valence-electron chi connectivity index (χ1n) is 7.34. The van der Waals surface area contributed by atoms with Gasteiger partial charge in [0.05, 0.1) is 6.54 Å². The van der Waals surface area contributed by atoms with E-state index in [1.165, 1.54) is 0 Å². The number of guanidine groups is 1. The molecule has 0 aliphatic heterocycles. The highest BCUT2D eigenvalue weighted by molar-refractivity contribution is 7.09. The summed E-state index contributed by atoms with van der Waals surface area (Å²) in [5.41, 5.74) is -0.873. The van der Waals surface area contributed by atoms with E-state index in [0.29, 0.717) is 29.9 Å². The number of alkyl halides is 3. The van der Waals surface area contributed by atoms with Gasteiger partial charge in [0.15, 0.2) is 17.5 Å². The number of hydrogen-bond donors (Lipinski definition) is 2. The van der Waals surface area contributed by atoms with Crippen molar-refractivity contribution in [3.63, 3.8) is 0 Å². The van der Waals surface area contributed by atoms with Gasteiger partial charge in [0.1, 0.15) is 17.9 Å². The van der Waals surface area contributed by atoms with Crippen molar-refractivity contribution in [3.8, 4) is 0 Å². The van der Waals surface area contributed by atoms with Crippen molar-refractivity contribution in [3.05, 3.63) is 28.2 Å². The van der Waals surface area contributed by atoms with Gasteiger partial charge in [0.25, 0.3) is 0 Å². The smallest absolute Gasteiger partial charge is 0.357 e. The average Bonchev–Trinajstić information content (AvgIpc) is 3.18.